The van der Waals surface area contributed by atoms with Gasteiger partial charge in [-0.05, 0) is 42.0 Å². The highest BCUT2D eigenvalue weighted by atomic mass is 32.2. The number of thioether (sulfide) groups is 1. The minimum absolute atomic E-state index is 0.297. The van der Waals surface area contributed by atoms with E-state index in [2.05, 4.69) is 29.2 Å². The topological polar surface area (TPSA) is 55.1 Å². The van der Waals surface area contributed by atoms with Crippen molar-refractivity contribution in [1.29, 1.82) is 0 Å². The molecule has 0 aliphatic heterocycles. The Hall–Kier alpha value is -2.27. The van der Waals surface area contributed by atoms with Crippen LogP contribution in [0.2, 0.25) is 0 Å². The number of carboxylic acid groups (broad SMARTS) is 1. The number of nitrogens with zero attached hydrogens (tertiary/aromatic N) is 2. The van der Waals surface area contributed by atoms with Crippen LogP contribution in [0.3, 0.4) is 0 Å². The summed E-state index contributed by atoms with van der Waals surface area (Å²) in [5.74, 6) is 0.871. The standard InChI is InChI=1S/C20H20N2O2S/c1-13-18(19(23)24)22(20(21-13)25-12-14-9-10-14)11-16-7-4-6-15-5-2-3-8-17(15)16/h2-8,14H,9-12H2,1H3,(H,23,24). The summed E-state index contributed by atoms with van der Waals surface area (Å²) in [4.78, 5) is 16.3. The van der Waals surface area contributed by atoms with Crippen LogP contribution in [-0.2, 0) is 6.54 Å². The van der Waals surface area contributed by atoms with Gasteiger partial charge in [-0.3, -0.25) is 0 Å². The first-order valence-corrected chi connectivity index (χ1v) is 9.52. The minimum atomic E-state index is -0.913. The Kier molecular flexibility index (Phi) is 4.25. The summed E-state index contributed by atoms with van der Waals surface area (Å²) in [7, 11) is 0. The van der Waals surface area contributed by atoms with Crippen molar-refractivity contribution in [2.45, 2.75) is 31.5 Å². The number of carbonyl (C=O) groups is 1. The zero-order valence-corrected chi connectivity index (χ0v) is 14.9. The van der Waals surface area contributed by atoms with Crippen molar-refractivity contribution in [2.24, 2.45) is 5.92 Å². The summed E-state index contributed by atoms with van der Waals surface area (Å²) in [5.41, 5.74) is 2.00. The lowest BCUT2D eigenvalue weighted by atomic mass is 10.0. The molecular weight excluding hydrogens is 332 g/mol. The largest absolute Gasteiger partial charge is 0.477 e. The zero-order chi connectivity index (χ0) is 17.4. The molecule has 0 spiro atoms. The number of carboxylic acids is 1. The maximum absolute atomic E-state index is 11.8. The van der Waals surface area contributed by atoms with Crippen molar-refractivity contribution in [3.8, 4) is 0 Å². The van der Waals surface area contributed by atoms with E-state index in [9.17, 15) is 9.90 Å². The van der Waals surface area contributed by atoms with Gasteiger partial charge in [0.05, 0.1) is 12.2 Å². The van der Waals surface area contributed by atoms with Gasteiger partial charge in [-0.2, -0.15) is 0 Å². The zero-order valence-electron chi connectivity index (χ0n) is 14.1. The van der Waals surface area contributed by atoms with Gasteiger partial charge >= 0.3 is 5.97 Å². The van der Waals surface area contributed by atoms with E-state index >= 15 is 0 Å². The van der Waals surface area contributed by atoms with Gasteiger partial charge < -0.3 is 9.67 Å². The van der Waals surface area contributed by atoms with Gasteiger partial charge in [-0.15, -0.1) is 0 Å². The van der Waals surface area contributed by atoms with Gasteiger partial charge in [0.25, 0.3) is 0 Å². The fourth-order valence-corrected chi connectivity index (χ4v) is 4.38. The summed E-state index contributed by atoms with van der Waals surface area (Å²) in [5, 5.41) is 12.8. The van der Waals surface area contributed by atoms with Crippen molar-refractivity contribution in [3.05, 3.63) is 59.4 Å². The summed E-state index contributed by atoms with van der Waals surface area (Å²) < 4.78 is 1.87. The number of hydrogen-bond donors (Lipinski definition) is 1. The summed E-state index contributed by atoms with van der Waals surface area (Å²) in [6.45, 7) is 2.31. The molecule has 1 fully saturated rings. The molecule has 1 aromatic heterocycles. The molecule has 0 unspecified atom stereocenters. The van der Waals surface area contributed by atoms with Gasteiger partial charge in [0.2, 0.25) is 0 Å². The van der Waals surface area contributed by atoms with E-state index < -0.39 is 5.97 Å². The lowest BCUT2D eigenvalue weighted by Crippen LogP contribution is -2.12. The number of fused-ring (bicyclic) bond motifs is 1. The molecule has 0 radical (unpaired) electrons. The molecule has 2 aromatic carbocycles. The van der Waals surface area contributed by atoms with Crippen LogP contribution in [0, 0.1) is 12.8 Å². The molecule has 1 heterocycles. The summed E-state index contributed by atoms with van der Waals surface area (Å²) in [6, 6.07) is 14.4. The van der Waals surface area contributed by atoms with Crippen LogP contribution in [0.15, 0.2) is 47.6 Å². The van der Waals surface area contributed by atoms with E-state index in [-0.39, 0.29) is 0 Å². The summed E-state index contributed by atoms with van der Waals surface area (Å²) in [6.07, 6.45) is 2.56. The second-order valence-corrected chi connectivity index (χ2v) is 7.60. The number of aromatic carboxylic acids is 1. The quantitative estimate of drug-likeness (QED) is 0.659. The molecule has 4 nitrogen and oxygen atoms in total. The third kappa shape index (κ3) is 3.29. The molecule has 1 N–H and O–H groups in total. The van der Waals surface area contributed by atoms with Crippen molar-refractivity contribution in [2.75, 3.05) is 5.75 Å². The smallest absolute Gasteiger partial charge is 0.354 e. The van der Waals surface area contributed by atoms with E-state index in [0.29, 0.717) is 17.9 Å². The van der Waals surface area contributed by atoms with Gasteiger partial charge in [0.1, 0.15) is 0 Å². The lowest BCUT2D eigenvalue weighted by Gasteiger charge is -2.12. The van der Waals surface area contributed by atoms with E-state index in [1.54, 1.807) is 18.7 Å². The molecule has 1 saturated carbocycles. The molecule has 0 saturated heterocycles. The molecule has 128 valence electrons. The molecule has 1 aliphatic rings. The Balaban J connectivity index is 1.75. The molecule has 1 aliphatic carbocycles. The van der Waals surface area contributed by atoms with Gasteiger partial charge in [0.15, 0.2) is 10.9 Å². The highest BCUT2D eigenvalue weighted by molar-refractivity contribution is 7.99. The average molecular weight is 352 g/mol. The maximum atomic E-state index is 11.8. The van der Waals surface area contributed by atoms with E-state index in [1.165, 1.54) is 18.2 Å². The Morgan fingerprint density at radius 2 is 2.00 bits per heavy atom. The Labute approximate surface area is 150 Å². The highest BCUT2D eigenvalue weighted by Gasteiger charge is 2.25. The van der Waals surface area contributed by atoms with Gasteiger partial charge in [-0.1, -0.05) is 54.2 Å². The third-order valence-electron chi connectivity index (χ3n) is 4.66. The van der Waals surface area contributed by atoms with Crippen molar-refractivity contribution >= 4 is 28.5 Å². The van der Waals surface area contributed by atoms with Crippen LogP contribution in [0.5, 0.6) is 0 Å². The van der Waals surface area contributed by atoms with Gasteiger partial charge in [-0.25, -0.2) is 9.78 Å². The Bertz CT molecular complexity index is 939. The Morgan fingerprint density at radius 3 is 2.76 bits per heavy atom. The first kappa shape index (κ1) is 16.2. The Morgan fingerprint density at radius 1 is 1.24 bits per heavy atom. The predicted molar refractivity (Wildman–Crippen MR) is 100 cm³/mol. The number of aromatic nitrogens is 2. The van der Waals surface area contributed by atoms with Crippen LogP contribution in [0.1, 0.15) is 34.6 Å². The first-order valence-electron chi connectivity index (χ1n) is 8.53. The molecule has 0 bridgehead atoms. The second-order valence-electron chi connectivity index (χ2n) is 6.61. The predicted octanol–water partition coefficient (Wildman–Crippen LogP) is 4.59. The van der Waals surface area contributed by atoms with Crippen molar-refractivity contribution in [1.82, 2.24) is 9.55 Å². The van der Waals surface area contributed by atoms with Crippen LogP contribution in [0.4, 0.5) is 0 Å². The minimum Gasteiger partial charge on any atom is -0.477 e. The SMILES string of the molecule is Cc1nc(SCC2CC2)n(Cc2cccc3ccccc23)c1C(=O)O. The summed E-state index contributed by atoms with van der Waals surface area (Å²) >= 11 is 1.68. The van der Waals surface area contributed by atoms with Crippen molar-refractivity contribution in [3.63, 3.8) is 0 Å². The molecule has 0 atom stereocenters. The van der Waals surface area contributed by atoms with Crippen LogP contribution in [-0.4, -0.2) is 26.4 Å². The number of hydrogen-bond acceptors (Lipinski definition) is 3. The molecule has 3 aromatic rings. The highest BCUT2D eigenvalue weighted by Crippen LogP contribution is 2.35. The molecular formula is C20H20N2O2S. The fraction of sp³-hybridized carbons (Fsp3) is 0.300. The van der Waals surface area contributed by atoms with Gasteiger partial charge in [0, 0.05) is 5.75 Å². The van der Waals surface area contributed by atoms with Crippen LogP contribution < -0.4 is 0 Å². The normalized spacial score (nSPS) is 14.1. The van der Waals surface area contributed by atoms with E-state index in [1.807, 2.05) is 22.8 Å². The maximum Gasteiger partial charge on any atom is 0.354 e. The monoisotopic (exact) mass is 352 g/mol. The molecule has 25 heavy (non-hydrogen) atoms. The number of rotatable bonds is 6. The molecule has 0 amide bonds. The van der Waals surface area contributed by atoms with Crippen molar-refractivity contribution < 1.29 is 9.90 Å². The molecule has 5 heteroatoms. The third-order valence-corrected chi connectivity index (χ3v) is 5.87. The van der Waals surface area contributed by atoms with E-state index in [0.717, 1.165) is 27.8 Å². The van der Waals surface area contributed by atoms with Crippen LogP contribution in [0.25, 0.3) is 10.8 Å². The molecule has 4 rings (SSSR count). The van der Waals surface area contributed by atoms with Crippen LogP contribution >= 0.6 is 11.8 Å². The lowest BCUT2D eigenvalue weighted by molar-refractivity contribution is 0.0684. The first-order chi connectivity index (χ1) is 12.1. The fourth-order valence-electron chi connectivity index (χ4n) is 3.15. The van der Waals surface area contributed by atoms with E-state index in [4.69, 9.17) is 0 Å². The number of benzene rings is 2. The number of aryl methyl sites for hydroxylation is 1. The second kappa shape index (κ2) is 6.56. The number of imidazole rings is 1. The average Bonchev–Trinajstić information content (AvgIpc) is 3.37.